The van der Waals surface area contributed by atoms with Crippen LogP contribution in [-0.4, -0.2) is 60.6 Å². The third kappa shape index (κ3) is 12.1. The highest BCUT2D eigenvalue weighted by Crippen LogP contribution is 2.03. The van der Waals surface area contributed by atoms with Crippen molar-refractivity contribution >= 4 is 17.7 Å². The van der Waals surface area contributed by atoms with Gasteiger partial charge in [0.15, 0.2) is 0 Å². The molecule has 34 heavy (non-hydrogen) atoms. The second-order valence-electron chi connectivity index (χ2n) is 8.23. The first kappa shape index (κ1) is 27.0. The molecule has 0 unspecified atom stereocenters. The van der Waals surface area contributed by atoms with Gasteiger partial charge in [-0.05, 0) is 43.4 Å². The molecule has 0 saturated carbocycles. The standard InChI is InChI=1S/C26H36N4O4/c31-24(29-34)14-8-3-9-19-30(20-25(32)27-17-15-22-10-4-1-5-11-22)21-26(33)28-18-16-23-12-6-2-7-13-23/h1-2,4-7,10-13,34H,3,8-9,14-21H2,(H,27,32)(H,28,33)(H,29,31). The number of benzene rings is 2. The Hall–Kier alpha value is -3.23. The molecule has 2 aromatic rings. The van der Waals surface area contributed by atoms with E-state index in [1.807, 2.05) is 65.6 Å². The Morgan fingerprint density at radius 3 is 1.65 bits per heavy atom. The monoisotopic (exact) mass is 468 g/mol. The summed E-state index contributed by atoms with van der Waals surface area (Å²) >= 11 is 0. The van der Waals surface area contributed by atoms with Crippen LogP contribution in [0.15, 0.2) is 60.7 Å². The minimum absolute atomic E-state index is 0.118. The van der Waals surface area contributed by atoms with E-state index in [0.29, 0.717) is 26.1 Å². The number of nitrogens with one attached hydrogen (secondary N) is 3. The summed E-state index contributed by atoms with van der Waals surface area (Å²) < 4.78 is 0. The number of amides is 3. The number of carbonyl (C=O) groups is 3. The van der Waals surface area contributed by atoms with Crippen LogP contribution in [0.5, 0.6) is 0 Å². The molecule has 0 heterocycles. The molecule has 0 aliphatic rings. The average Bonchev–Trinajstić information content (AvgIpc) is 2.85. The van der Waals surface area contributed by atoms with Gasteiger partial charge in [-0.3, -0.25) is 24.5 Å². The van der Waals surface area contributed by atoms with Crippen LogP contribution in [0.1, 0.15) is 36.8 Å². The third-order valence-corrected chi connectivity index (χ3v) is 5.39. The number of hydroxylamine groups is 1. The maximum absolute atomic E-state index is 12.5. The lowest BCUT2D eigenvalue weighted by molar-refractivity contribution is -0.129. The fourth-order valence-corrected chi connectivity index (χ4v) is 3.57. The average molecular weight is 469 g/mol. The number of rotatable bonds is 16. The lowest BCUT2D eigenvalue weighted by Gasteiger charge is -2.21. The van der Waals surface area contributed by atoms with E-state index >= 15 is 0 Å². The van der Waals surface area contributed by atoms with Crippen molar-refractivity contribution in [3.05, 3.63) is 71.8 Å². The summed E-state index contributed by atoms with van der Waals surface area (Å²) in [7, 11) is 0. The first-order valence-electron chi connectivity index (χ1n) is 11.8. The van der Waals surface area contributed by atoms with Gasteiger partial charge >= 0.3 is 0 Å². The van der Waals surface area contributed by atoms with Crippen molar-refractivity contribution in [2.45, 2.75) is 38.5 Å². The minimum Gasteiger partial charge on any atom is -0.355 e. The van der Waals surface area contributed by atoms with Crippen molar-refractivity contribution < 1.29 is 19.6 Å². The van der Waals surface area contributed by atoms with Gasteiger partial charge < -0.3 is 10.6 Å². The largest absolute Gasteiger partial charge is 0.355 e. The van der Waals surface area contributed by atoms with Crippen molar-refractivity contribution in [1.82, 2.24) is 21.0 Å². The van der Waals surface area contributed by atoms with Crippen LogP contribution >= 0.6 is 0 Å². The molecule has 8 heteroatoms. The molecular weight excluding hydrogens is 432 g/mol. The molecule has 0 aliphatic carbocycles. The third-order valence-electron chi connectivity index (χ3n) is 5.39. The van der Waals surface area contributed by atoms with Crippen molar-refractivity contribution in [2.24, 2.45) is 0 Å². The fraction of sp³-hybridized carbons (Fsp3) is 0.423. The molecule has 0 aliphatic heterocycles. The van der Waals surface area contributed by atoms with E-state index in [9.17, 15) is 14.4 Å². The van der Waals surface area contributed by atoms with Crippen LogP contribution in [0, 0.1) is 0 Å². The molecule has 2 rings (SSSR count). The van der Waals surface area contributed by atoms with Crippen LogP contribution in [0.3, 0.4) is 0 Å². The van der Waals surface area contributed by atoms with Crippen molar-refractivity contribution in [2.75, 3.05) is 32.7 Å². The van der Waals surface area contributed by atoms with E-state index in [1.165, 1.54) is 0 Å². The second kappa shape index (κ2) is 16.4. The van der Waals surface area contributed by atoms with Crippen LogP contribution in [0.25, 0.3) is 0 Å². The normalized spacial score (nSPS) is 10.6. The summed E-state index contributed by atoms with van der Waals surface area (Å²) in [6.45, 7) is 1.92. The molecule has 0 fully saturated rings. The van der Waals surface area contributed by atoms with Crippen LogP contribution in [-0.2, 0) is 27.2 Å². The summed E-state index contributed by atoms with van der Waals surface area (Å²) in [4.78, 5) is 37.9. The lowest BCUT2D eigenvalue weighted by atomic mass is 10.1. The van der Waals surface area contributed by atoms with Crippen LogP contribution in [0.4, 0.5) is 0 Å². The Morgan fingerprint density at radius 1 is 0.676 bits per heavy atom. The van der Waals surface area contributed by atoms with E-state index < -0.39 is 5.91 Å². The maximum Gasteiger partial charge on any atom is 0.243 e. The lowest BCUT2D eigenvalue weighted by Crippen LogP contribution is -2.44. The summed E-state index contributed by atoms with van der Waals surface area (Å²) in [5, 5.41) is 14.4. The molecule has 0 atom stereocenters. The zero-order valence-electron chi connectivity index (χ0n) is 19.7. The SMILES string of the molecule is O=C(CCCCCN(CC(=O)NCCc1ccccc1)CC(=O)NCCc1ccccc1)NO. The second-order valence-corrected chi connectivity index (χ2v) is 8.23. The molecule has 0 bridgehead atoms. The highest BCUT2D eigenvalue weighted by atomic mass is 16.5. The number of hydrogen-bond donors (Lipinski definition) is 4. The molecule has 2 aromatic carbocycles. The van der Waals surface area contributed by atoms with Crippen LogP contribution < -0.4 is 16.1 Å². The molecular formula is C26H36N4O4. The van der Waals surface area contributed by atoms with E-state index in [4.69, 9.17) is 5.21 Å². The highest BCUT2D eigenvalue weighted by Gasteiger charge is 2.14. The van der Waals surface area contributed by atoms with Crippen LogP contribution in [0.2, 0.25) is 0 Å². The maximum atomic E-state index is 12.5. The van der Waals surface area contributed by atoms with E-state index in [-0.39, 0.29) is 31.3 Å². The molecule has 184 valence electrons. The summed E-state index contributed by atoms with van der Waals surface area (Å²) in [6, 6.07) is 19.9. The van der Waals surface area contributed by atoms with Gasteiger partial charge in [-0.2, -0.15) is 0 Å². The summed E-state index contributed by atoms with van der Waals surface area (Å²) in [6.07, 6.45) is 3.88. The van der Waals surface area contributed by atoms with E-state index in [1.54, 1.807) is 5.48 Å². The molecule has 0 radical (unpaired) electrons. The highest BCUT2D eigenvalue weighted by molar-refractivity contribution is 5.81. The van der Waals surface area contributed by atoms with Crippen molar-refractivity contribution in [3.63, 3.8) is 0 Å². The topological polar surface area (TPSA) is 111 Å². The number of carbonyl (C=O) groups excluding carboxylic acids is 3. The smallest absolute Gasteiger partial charge is 0.243 e. The Kier molecular flexibility index (Phi) is 13.0. The van der Waals surface area contributed by atoms with Gasteiger partial charge in [0, 0.05) is 19.5 Å². The molecule has 4 N–H and O–H groups in total. The van der Waals surface area contributed by atoms with Gasteiger partial charge in [-0.15, -0.1) is 0 Å². The predicted octanol–water partition coefficient (Wildman–Crippen LogP) is 2.07. The number of unbranched alkanes of at least 4 members (excludes halogenated alkanes) is 2. The quantitative estimate of drug-likeness (QED) is 0.171. The van der Waals surface area contributed by atoms with E-state index in [0.717, 1.165) is 36.8 Å². The molecule has 0 aromatic heterocycles. The minimum atomic E-state index is -0.410. The van der Waals surface area contributed by atoms with Crippen molar-refractivity contribution in [1.29, 1.82) is 0 Å². The molecule has 0 spiro atoms. The molecule has 0 saturated heterocycles. The summed E-state index contributed by atoms with van der Waals surface area (Å²) in [5.74, 6) is -0.646. The molecule has 3 amide bonds. The zero-order valence-corrected chi connectivity index (χ0v) is 19.7. The first-order valence-corrected chi connectivity index (χ1v) is 11.8. The molecule has 8 nitrogen and oxygen atoms in total. The van der Waals surface area contributed by atoms with Gasteiger partial charge in [0.2, 0.25) is 17.7 Å². The first-order chi connectivity index (χ1) is 16.6. The van der Waals surface area contributed by atoms with Gasteiger partial charge in [0.1, 0.15) is 0 Å². The fourth-order valence-electron chi connectivity index (χ4n) is 3.57. The van der Waals surface area contributed by atoms with Gasteiger partial charge in [-0.1, -0.05) is 67.1 Å². The van der Waals surface area contributed by atoms with Gasteiger partial charge in [0.25, 0.3) is 0 Å². The van der Waals surface area contributed by atoms with Crippen molar-refractivity contribution in [3.8, 4) is 0 Å². The van der Waals surface area contributed by atoms with Gasteiger partial charge in [-0.25, -0.2) is 5.48 Å². The Bertz CT molecular complexity index is 802. The Labute approximate surface area is 201 Å². The predicted molar refractivity (Wildman–Crippen MR) is 131 cm³/mol. The Morgan fingerprint density at radius 2 is 1.18 bits per heavy atom. The Balaban J connectivity index is 1.76. The number of nitrogens with zero attached hydrogens (tertiary/aromatic N) is 1. The number of hydrogen-bond acceptors (Lipinski definition) is 5. The van der Waals surface area contributed by atoms with E-state index in [2.05, 4.69) is 10.6 Å². The summed E-state index contributed by atoms with van der Waals surface area (Å²) in [5.41, 5.74) is 3.94. The van der Waals surface area contributed by atoms with Gasteiger partial charge in [0.05, 0.1) is 13.1 Å². The zero-order chi connectivity index (χ0) is 24.4.